The van der Waals surface area contributed by atoms with Crippen molar-refractivity contribution in [1.29, 1.82) is 0 Å². The first-order valence-electron chi connectivity index (χ1n) is 7.49. The maximum Gasteiger partial charge on any atom is 0.228 e. The fraction of sp³-hybridized carbons (Fsp3) is 0.867. The Kier molecular flexibility index (Phi) is 4.97. The molecule has 3 atom stereocenters. The van der Waals surface area contributed by atoms with Crippen LogP contribution in [0, 0.1) is 5.92 Å². The molecule has 4 nitrogen and oxygen atoms in total. The number of hydrogen-bond donors (Lipinski definition) is 0. The quantitative estimate of drug-likeness (QED) is 0.787. The summed E-state index contributed by atoms with van der Waals surface area (Å²) in [5.74, 6) is 0.390. The molecule has 0 bridgehead atoms. The maximum absolute atomic E-state index is 12.6. The summed E-state index contributed by atoms with van der Waals surface area (Å²) >= 11 is 0. The van der Waals surface area contributed by atoms with Gasteiger partial charge in [-0.1, -0.05) is 12.8 Å². The number of carbonyl (C=O) groups excluding carboxylic acids is 2. The van der Waals surface area contributed by atoms with Gasteiger partial charge in [-0.15, -0.1) is 0 Å². The highest BCUT2D eigenvalue weighted by Gasteiger charge is 2.35. The van der Waals surface area contributed by atoms with Crippen LogP contribution in [0.15, 0.2) is 0 Å². The van der Waals surface area contributed by atoms with Crippen molar-refractivity contribution >= 4 is 11.7 Å². The zero-order chi connectivity index (χ0) is 13.8. The van der Waals surface area contributed by atoms with E-state index < -0.39 is 0 Å². The van der Waals surface area contributed by atoms with E-state index >= 15 is 0 Å². The third-order valence-electron chi connectivity index (χ3n) is 4.23. The van der Waals surface area contributed by atoms with E-state index in [2.05, 4.69) is 0 Å². The first kappa shape index (κ1) is 14.5. The minimum atomic E-state index is 0.00237. The van der Waals surface area contributed by atoms with Crippen LogP contribution in [0.5, 0.6) is 0 Å². The van der Waals surface area contributed by atoms with E-state index in [-0.39, 0.29) is 29.8 Å². The Bertz CT molecular complexity index is 342. The SMILES string of the molecule is CC(=O)CC1CCCCCN1C(=O)C1COC(C)C1. The predicted molar refractivity (Wildman–Crippen MR) is 72.8 cm³/mol. The van der Waals surface area contributed by atoms with Crippen LogP contribution in [0.1, 0.15) is 52.4 Å². The highest BCUT2D eigenvalue weighted by molar-refractivity contribution is 5.81. The molecule has 2 heterocycles. The molecule has 2 fully saturated rings. The molecule has 2 rings (SSSR count). The largest absolute Gasteiger partial charge is 0.378 e. The molecule has 2 aliphatic heterocycles. The van der Waals surface area contributed by atoms with Crippen molar-refractivity contribution in [3.05, 3.63) is 0 Å². The van der Waals surface area contributed by atoms with Crippen LogP contribution >= 0.6 is 0 Å². The number of amides is 1. The smallest absolute Gasteiger partial charge is 0.228 e. The minimum Gasteiger partial charge on any atom is -0.378 e. The van der Waals surface area contributed by atoms with Crippen molar-refractivity contribution < 1.29 is 14.3 Å². The zero-order valence-electron chi connectivity index (χ0n) is 12.1. The molecule has 108 valence electrons. The summed E-state index contributed by atoms with van der Waals surface area (Å²) in [6, 6.07) is 0.114. The third-order valence-corrected chi connectivity index (χ3v) is 4.23. The van der Waals surface area contributed by atoms with Crippen LogP contribution in [0.25, 0.3) is 0 Å². The summed E-state index contributed by atoms with van der Waals surface area (Å²) in [6.07, 6.45) is 5.83. The van der Waals surface area contributed by atoms with Crippen molar-refractivity contribution in [1.82, 2.24) is 4.90 Å². The van der Waals surface area contributed by atoms with Crippen molar-refractivity contribution in [2.45, 2.75) is 64.5 Å². The van der Waals surface area contributed by atoms with E-state index in [0.717, 1.165) is 38.6 Å². The molecule has 0 N–H and O–H groups in total. The maximum atomic E-state index is 12.6. The van der Waals surface area contributed by atoms with Crippen LogP contribution in [0.3, 0.4) is 0 Å². The van der Waals surface area contributed by atoms with Gasteiger partial charge >= 0.3 is 0 Å². The predicted octanol–water partition coefficient (Wildman–Crippen LogP) is 2.16. The molecule has 19 heavy (non-hydrogen) atoms. The fourth-order valence-electron chi connectivity index (χ4n) is 3.24. The molecule has 2 saturated heterocycles. The number of hydrogen-bond acceptors (Lipinski definition) is 3. The van der Waals surface area contributed by atoms with Crippen LogP contribution < -0.4 is 0 Å². The van der Waals surface area contributed by atoms with Gasteiger partial charge in [-0.05, 0) is 33.1 Å². The van der Waals surface area contributed by atoms with Gasteiger partial charge in [-0.2, -0.15) is 0 Å². The molecule has 4 heteroatoms. The Balaban J connectivity index is 2.04. The average molecular weight is 267 g/mol. The lowest BCUT2D eigenvalue weighted by Gasteiger charge is -2.31. The Morgan fingerprint density at radius 2 is 2.05 bits per heavy atom. The van der Waals surface area contributed by atoms with Crippen molar-refractivity contribution in [3.8, 4) is 0 Å². The molecular formula is C15H25NO3. The van der Waals surface area contributed by atoms with Gasteiger partial charge in [0.15, 0.2) is 0 Å². The summed E-state index contributed by atoms with van der Waals surface area (Å²) < 4.78 is 5.51. The first-order valence-corrected chi connectivity index (χ1v) is 7.49. The van der Waals surface area contributed by atoms with E-state index in [1.807, 2.05) is 11.8 Å². The Hall–Kier alpha value is -0.900. The zero-order valence-corrected chi connectivity index (χ0v) is 12.1. The Labute approximate surface area is 115 Å². The van der Waals surface area contributed by atoms with E-state index in [9.17, 15) is 9.59 Å². The second kappa shape index (κ2) is 6.51. The molecular weight excluding hydrogens is 242 g/mol. The molecule has 0 spiro atoms. The molecule has 0 saturated carbocycles. The van der Waals surface area contributed by atoms with Crippen LogP contribution in [0.2, 0.25) is 0 Å². The van der Waals surface area contributed by atoms with E-state index in [0.29, 0.717) is 13.0 Å². The normalized spacial score (nSPS) is 32.1. The van der Waals surface area contributed by atoms with Gasteiger partial charge in [0.1, 0.15) is 5.78 Å². The third kappa shape index (κ3) is 3.78. The molecule has 0 aromatic carbocycles. The van der Waals surface area contributed by atoms with Crippen molar-refractivity contribution in [2.75, 3.05) is 13.2 Å². The number of rotatable bonds is 3. The van der Waals surface area contributed by atoms with Crippen molar-refractivity contribution in [3.63, 3.8) is 0 Å². The average Bonchev–Trinajstić information content (AvgIpc) is 2.65. The van der Waals surface area contributed by atoms with Crippen LogP contribution in [0.4, 0.5) is 0 Å². The molecule has 2 aliphatic rings. The van der Waals surface area contributed by atoms with Crippen molar-refractivity contribution in [2.24, 2.45) is 5.92 Å². The molecule has 0 radical (unpaired) electrons. The second-order valence-corrected chi connectivity index (χ2v) is 6.02. The second-order valence-electron chi connectivity index (χ2n) is 6.02. The van der Waals surface area contributed by atoms with Gasteiger partial charge in [-0.3, -0.25) is 9.59 Å². The highest BCUT2D eigenvalue weighted by atomic mass is 16.5. The summed E-state index contributed by atoms with van der Waals surface area (Å²) in [4.78, 5) is 26.0. The minimum absolute atomic E-state index is 0.00237. The number of likely N-dealkylation sites (tertiary alicyclic amines) is 1. The molecule has 0 aromatic heterocycles. The summed E-state index contributed by atoms with van der Waals surface area (Å²) in [6.45, 7) is 4.99. The van der Waals surface area contributed by atoms with Gasteiger partial charge < -0.3 is 9.64 Å². The van der Waals surface area contributed by atoms with Gasteiger partial charge in [-0.25, -0.2) is 0 Å². The summed E-state index contributed by atoms with van der Waals surface area (Å²) in [5.41, 5.74) is 0. The monoisotopic (exact) mass is 267 g/mol. The lowest BCUT2D eigenvalue weighted by atomic mass is 10.00. The highest BCUT2D eigenvalue weighted by Crippen LogP contribution is 2.26. The standard InChI is InChI=1S/C15H25NO3/c1-11(17)8-14-6-4-3-5-7-16(14)15(18)13-9-12(2)19-10-13/h12-14H,3-10H2,1-2H3. The summed E-state index contributed by atoms with van der Waals surface area (Å²) in [7, 11) is 0. The molecule has 1 amide bonds. The topological polar surface area (TPSA) is 46.6 Å². The molecule has 0 aromatic rings. The van der Waals surface area contributed by atoms with Gasteiger partial charge in [0.2, 0.25) is 5.91 Å². The van der Waals surface area contributed by atoms with E-state index in [1.54, 1.807) is 6.92 Å². The van der Waals surface area contributed by atoms with Crippen LogP contribution in [-0.2, 0) is 14.3 Å². The van der Waals surface area contributed by atoms with Gasteiger partial charge in [0.25, 0.3) is 0 Å². The number of ether oxygens (including phenoxy) is 1. The lowest BCUT2D eigenvalue weighted by molar-refractivity contribution is -0.138. The lowest BCUT2D eigenvalue weighted by Crippen LogP contribution is -2.44. The van der Waals surface area contributed by atoms with Gasteiger partial charge in [0.05, 0.1) is 18.6 Å². The first-order chi connectivity index (χ1) is 9.08. The molecule has 0 aliphatic carbocycles. The van der Waals surface area contributed by atoms with Gasteiger partial charge in [0, 0.05) is 19.0 Å². The number of Topliss-reactive ketones (excluding diaryl/α,β-unsaturated/α-hetero) is 1. The van der Waals surface area contributed by atoms with E-state index in [4.69, 9.17) is 4.74 Å². The van der Waals surface area contributed by atoms with E-state index in [1.165, 1.54) is 0 Å². The number of ketones is 1. The molecule has 3 unspecified atom stereocenters. The Morgan fingerprint density at radius 3 is 2.68 bits per heavy atom. The van der Waals surface area contributed by atoms with Crippen LogP contribution in [-0.4, -0.2) is 41.9 Å². The Morgan fingerprint density at radius 1 is 1.26 bits per heavy atom. The fourth-order valence-corrected chi connectivity index (χ4v) is 3.24. The number of nitrogens with zero attached hydrogens (tertiary/aromatic N) is 1. The summed E-state index contributed by atoms with van der Waals surface area (Å²) in [5, 5.41) is 0. The number of carbonyl (C=O) groups is 2.